The van der Waals surface area contributed by atoms with Crippen LogP contribution in [0.5, 0.6) is 0 Å². The lowest BCUT2D eigenvalue weighted by atomic mass is 9.64. The van der Waals surface area contributed by atoms with E-state index < -0.39 is 58.7 Å². The molecule has 0 bridgehead atoms. The molecular weight excluding hydrogens is 674 g/mol. The highest BCUT2D eigenvalue weighted by Crippen LogP contribution is 2.47. The van der Waals surface area contributed by atoms with Gasteiger partial charge in [-0.2, -0.15) is 13.2 Å². The van der Waals surface area contributed by atoms with Gasteiger partial charge in [-0.15, -0.1) is 0 Å². The van der Waals surface area contributed by atoms with Crippen molar-refractivity contribution in [2.24, 2.45) is 5.73 Å². The van der Waals surface area contributed by atoms with Gasteiger partial charge in [0.2, 0.25) is 0 Å². The second kappa shape index (κ2) is 14.6. The van der Waals surface area contributed by atoms with E-state index in [1.807, 2.05) is 0 Å². The second-order valence-corrected chi connectivity index (χ2v) is 11.5. The van der Waals surface area contributed by atoms with Gasteiger partial charge in [-0.3, -0.25) is 0 Å². The fourth-order valence-corrected chi connectivity index (χ4v) is 5.41. The summed E-state index contributed by atoms with van der Waals surface area (Å²) in [6.07, 6.45) is -1.90. The summed E-state index contributed by atoms with van der Waals surface area (Å²) in [5.74, 6) is -5.55. The van der Waals surface area contributed by atoms with Gasteiger partial charge in [-0.1, -0.05) is 24.8 Å². The van der Waals surface area contributed by atoms with Crippen molar-refractivity contribution in [2.75, 3.05) is 34.7 Å². The van der Waals surface area contributed by atoms with Crippen LogP contribution >= 0.6 is 11.6 Å². The molecule has 0 aromatic heterocycles. The van der Waals surface area contributed by atoms with Crippen molar-refractivity contribution >= 4 is 55.7 Å². The van der Waals surface area contributed by atoms with Crippen molar-refractivity contribution in [1.29, 1.82) is 0 Å². The molecule has 3 unspecified atom stereocenters. The van der Waals surface area contributed by atoms with Crippen LogP contribution in [0, 0.1) is 18.6 Å². The molecule has 3 aromatic carbocycles. The number of nitrogen functional groups attached to an aromatic ring is 1. The van der Waals surface area contributed by atoms with Gasteiger partial charge in [0.1, 0.15) is 19.5 Å². The Morgan fingerprint density at radius 3 is 2.24 bits per heavy atom. The first kappa shape index (κ1) is 39.0. The molecule has 0 spiro atoms. The van der Waals surface area contributed by atoms with E-state index >= 15 is 0 Å². The Hall–Kier alpha value is -4.43. The fourth-order valence-electron chi connectivity index (χ4n) is 5.18. The Bertz CT molecular complexity index is 1770. The monoisotopic (exact) mass is 706 g/mol. The highest BCUT2D eigenvalue weighted by Gasteiger charge is 2.43. The number of nitrogens with two attached hydrogens (primary N) is 2. The molecule has 0 saturated carbocycles. The summed E-state index contributed by atoms with van der Waals surface area (Å²) in [5, 5.41) is 16.0. The molecule has 3 atom stereocenters. The molecule has 17 heteroatoms. The van der Waals surface area contributed by atoms with Crippen molar-refractivity contribution in [2.45, 2.75) is 37.3 Å². The molecule has 0 heterocycles. The van der Waals surface area contributed by atoms with Crippen LogP contribution in [0.3, 0.4) is 0 Å². The first-order chi connectivity index (χ1) is 22.7. The zero-order valence-corrected chi connectivity index (χ0v) is 27.3. The Morgan fingerprint density at radius 1 is 1.10 bits per heavy atom. The standard InChI is InChI=1S/C32H32B2ClF7N6O/c1-6-45-28(19-10-17(37)8-9-22(19)35)26-16(3)29(48(7-2)15-36)25(47(5)30(4,33)32(34,42)49)13-23(26)46-24(14-43)20-11-18(38)12-21(27(20)44)31(39,40)41/h6-14,28,45-46,49H,1-2,15,43-44H2,3-5H3/b24-14+. The molecule has 258 valence electrons. The molecule has 0 aliphatic rings. The van der Waals surface area contributed by atoms with Gasteiger partial charge in [0, 0.05) is 46.1 Å². The van der Waals surface area contributed by atoms with Crippen LogP contribution in [0.2, 0.25) is 5.02 Å². The maximum absolute atomic E-state index is 14.9. The average molecular weight is 707 g/mol. The molecule has 4 radical (unpaired) electrons. The second-order valence-electron chi connectivity index (χ2n) is 11.1. The van der Waals surface area contributed by atoms with Crippen LogP contribution in [-0.4, -0.2) is 45.8 Å². The van der Waals surface area contributed by atoms with Gasteiger partial charge in [0.25, 0.3) is 0 Å². The van der Waals surface area contributed by atoms with Crippen molar-refractivity contribution in [3.8, 4) is 0 Å². The van der Waals surface area contributed by atoms with E-state index in [0.29, 0.717) is 6.07 Å². The lowest BCUT2D eigenvalue weighted by molar-refractivity contribution is -0.137. The first-order valence-electron chi connectivity index (χ1n) is 14.2. The van der Waals surface area contributed by atoms with Crippen LogP contribution < -0.4 is 31.9 Å². The van der Waals surface area contributed by atoms with Crippen LogP contribution in [0.15, 0.2) is 68.2 Å². The quantitative estimate of drug-likeness (QED) is 0.0584. The van der Waals surface area contributed by atoms with E-state index in [2.05, 4.69) is 23.8 Å². The minimum absolute atomic E-state index is 0.0206. The topological polar surface area (TPSA) is 103 Å². The number of benzene rings is 3. The van der Waals surface area contributed by atoms with Crippen LogP contribution in [-0.2, 0) is 6.18 Å². The molecular formula is C32H32B2ClF7N6O. The van der Waals surface area contributed by atoms with Gasteiger partial charge >= 0.3 is 6.18 Å². The summed E-state index contributed by atoms with van der Waals surface area (Å²) in [5.41, 5.74) is 6.31. The van der Waals surface area contributed by atoms with E-state index in [9.17, 15) is 35.8 Å². The summed E-state index contributed by atoms with van der Waals surface area (Å²) < 4.78 is 100. The van der Waals surface area contributed by atoms with E-state index in [1.54, 1.807) is 0 Å². The number of likely N-dealkylation sites (N-methyl/N-ethyl adjacent to an activating group) is 1. The van der Waals surface area contributed by atoms with Crippen LogP contribution in [0.4, 0.5) is 53.5 Å². The maximum atomic E-state index is 14.9. The highest BCUT2D eigenvalue weighted by atomic mass is 35.5. The third-order valence-electron chi connectivity index (χ3n) is 8.00. The number of rotatable bonds is 13. The number of hydrogen-bond acceptors (Lipinski definition) is 7. The Morgan fingerprint density at radius 2 is 1.73 bits per heavy atom. The van der Waals surface area contributed by atoms with Gasteiger partial charge in [0.05, 0.1) is 34.4 Å². The van der Waals surface area contributed by atoms with Gasteiger partial charge in [-0.25, -0.2) is 17.6 Å². The van der Waals surface area contributed by atoms with Crippen molar-refractivity contribution in [1.82, 2.24) is 5.32 Å². The molecule has 3 aromatic rings. The van der Waals surface area contributed by atoms with Crippen molar-refractivity contribution in [3.05, 3.63) is 113 Å². The first-order valence-corrected chi connectivity index (χ1v) is 14.6. The smallest absolute Gasteiger partial charge is 0.403 e. The van der Waals surface area contributed by atoms with Crippen molar-refractivity contribution in [3.63, 3.8) is 0 Å². The summed E-state index contributed by atoms with van der Waals surface area (Å²) in [4.78, 5) is 1.97. The van der Waals surface area contributed by atoms with Gasteiger partial charge in [-0.05, 0) is 68.2 Å². The Kier molecular flexibility index (Phi) is 11.6. The van der Waals surface area contributed by atoms with E-state index in [0.717, 1.165) is 41.3 Å². The van der Waals surface area contributed by atoms with Crippen molar-refractivity contribution < 1.29 is 35.8 Å². The normalized spacial score (nSPS) is 15.1. The summed E-state index contributed by atoms with van der Waals surface area (Å²) in [6.45, 7) is 8.62. The number of hydrogen-bond donors (Lipinski definition) is 5. The number of nitrogens with one attached hydrogen (secondary N) is 2. The number of halogens is 8. The largest absolute Gasteiger partial charge is 0.418 e. The van der Waals surface area contributed by atoms with E-state index in [-0.39, 0.29) is 50.5 Å². The zero-order chi connectivity index (χ0) is 37.2. The number of anilines is 4. The summed E-state index contributed by atoms with van der Waals surface area (Å²) in [7, 11) is 12.7. The lowest BCUT2D eigenvalue weighted by Gasteiger charge is -2.46. The molecule has 7 N–H and O–H groups in total. The minimum Gasteiger partial charge on any atom is -0.403 e. The SMILES string of the molecule is [B]C(O)(F)C([B])(C)N(C)c1cc(N/C(=C/N)c2cc(F)cc(C(F)(F)F)c2N)c(C(NC=C)c2cc(F)ccc2Cl)c(C)c1N(C=C)CF. The molecule has 0 fully saturated rings. The average Bonchev–Trinajstić information content (AvgIpc) is 3.01. The number of alkyl halides is 5. The molecule has 0 amide bonds. The maximum Gasteiger partial charge on any atom is 0.418 e. The third kappa shape index (κ3) is 7.75. The highest BCUT2D eigenvalue weighted by molar-refractivity contribution is 6.31. The fraction of sp³-hybridized carbons (Fsp3) is 0.250. The lowest BCUT2D eigenvalue weighted by Crippen LogP contribution is -2.61. The number of nitrogens with zero attached hydrogens (tertiary/aromatic N) is 2. The molecule has 0 aliphatic carbocycles. The van der Waals surface area contributed by atoms with E-state index in [1.165, 1.54) is 32.3 Å². The van der Waals surface area contributed by atoms with Crippen LogP contribution in [0.1, 0.15) is 40.8 Å². The number of aliphatic hydroxyl groups is 1. The Labute approximate surface area is 286 Å². The Balaban J connectivity index is 2.56. The third-order valence-corrected chi connectivity index (χ3v) is 8.34. The molecule has 49 heavy (non-hydrogen) atoms. The zero-order valence-electron chi connectivity index (χ0n) is 26.6. The summed E-state index contributed by atoms with van der Waals surface area (Å²) in [6, 6.07) is 4.50. The predicted molar refractivity (Wildman–Crippen MR) is 182 cm³/mol. The molecule has 7 nitrogen and oxygen atoms in total. The molecule has 3 rings (SSSR count). The molecule has 0 saturated heterocycles. The van der Waals surface area contributed by atoms with Gasteiger partial charge in [0.15, 0.2) is 20.4 Å². The predicted octanol–water partition coefficient (Wildman–Crippen LogP) is 6.70. The van der Waals surface area contributed by atoms with Gasteiger partial charge < -0.3 is 37.0 Å². The molecule has 0 aliphatic heterocycles. The van der Waals surface area contributed by atoms with Crippen LogP contribution in [0.25, 0.3) is 5.70 Å². The summed E-state index contributed by atoms with van der Waals surface area (Å²) >= 11 is 6.50. The minimum atomic E-state index is -5.05. The van der Waals surface area contributed by atoms with E-state index in [4.69, 9.17) is 38.8 Å².